The fourth-order valence-electron chi connectivity index (χ4n) is 1.70. The number of ether oxygens (including phenoxy) is 2. The number of carbonyl (C=O) groups is 1. The maximum Gasteiger partial charge on any atom is 0.309 e. The molecule has 0 spiro atoms. The lowest BCUT2D eigenvalue weighted by molar-refractivity contribution is -0.142. The van der Waals surface area contributed by atoms with E-state index < -0.39 is 0 Å². The third-order valence-electron chi connectivity index (χ3n) is 2.49. The highest BCUT2D eigenvalue weighted by Gasteiger charge is 2.25. The van der Waals surface area contributed by atoms with E-state index in [1.807, 2.05) is 24.3 Å². The van der Waals surface area contributed by atoms with Crippen LogP contribution in [0.5, 0.6) is 5.75 Å². The number of carbonyl (C=O) groups excluding carboxylic acids is 1. The molecule has 1 aliphatic heterocycles. The predicted molar refractivity (Wildman–Crippen MR) is 59.0 cm³/mol. The van der Waals surface area contributed by atoms with Crippen molar-refractivity contribution in [3.05, 3.63) is 24.3 Å². The Labute approximate surface area is 93.7 Å². The number of nitrogens with two attached hydrogens (primary N) is 1. The van der Waals surface area contributed by atoms with Crippen LogP contribution in [-0.4, -0.2) is 25.7 Å². The molecule has 0 saturated carbocycles. The number of benzene rings is 1. The van der Waals surface area contributed by atoms with Gasteiger partial charge in [-0.05, 0) is 12.1 Å². The molecule has 0 fully saturated rings. The second-order valence-electron chi connectivity index (χ2n) is 3.64. The molecule has 2 N–H and O–H groups in total. The molecule has 86 valence electrons. The summed E-state index contributed by atoms with van der Waals surface area (Å²) >= 11 is 0. The minimum atomic E-state index is -0.294. The van der Waals surface area contributed by atoms with Crippen molar-refractivity contribution in [2.75, 3.05) is 18.7 Å². The molecule has 1 aromatic rings. The van der Waals surface area contributed by atoms with Gasteiger partial charge in [-0.3, -0.25) is 4.79 Å². The Kier molecular flexibility index (Phi) is 2.96. The van der Waals surface area contributed by atoms with Crippen LogP contribution < -0.4 is 15.6 Å². The minimum absolute atomic E-state index is 0.207. The number of para-hydroxylation sites is 2. The second kappa shape index (κ2) is 4.40. The molecule has 0 aromatic heterocycles. The van der Waals surface area contributed by atoms with Crippen molar-refractivity contribution in [3.63, 3.8) is 0 Å². The molecule has 0 saturated heterocycles. The summed E-state index contributed by atoms with van der Waals surface area (Å²) in [5.41, 5.74) is 0.837. The van der Waals surface area contributed by atoms with Gasteiger partial charge in [0.1, 0.15) is 11.9 Å². The molecule has 16 heavy (non-hydrogen) atoms. The third-order valence-corrected chi connectivity index (χ3v) is 2.49. The van der Waals surface area contributed by atoms with Gasteiger partial charge in [-0.2, -0.15) is 0 Å². The molecule has 0 amide bonds. The number of nitrogens with zero attached hydrogens (tertiary/aromatic N) is 1. The first-order chi connectivity index (χ1) is 7.70. The molecule has 0 radical (unpaired) electrons. The van der Waals surface area contributed by atoms with Gasteiger partial charge in [0.05, 0.1) is 25.8 Å². The molecular formula is C11H14N2O3. The van der Waals surface area contributed by atoms with Gasteiger partial charge in [0.25, 0.3) is 0 Å². The molecule has 0 bridgehead atoms. The van der Waals surface area contributed by atoms with Crippen LogP contribution in [-0.2, 0) is 9.53 Å². The van der Waals surface area contributed by atoms with Gasteiger partial charge in [-0.25, -0.2) is 5.84 Å². The van der Waals surface area contributed by atoms with E-state index in [0.29, 0.717) is 12.3 Å². The number of hydrogen-bond donors (Lipinski definition) is 1. The fraction of sp³-hybridized carbons (Fsp3) is 0.364. The number of fused-ring (bicyclic) bond motifs is 1. The number of hydrogen-bond acceptors (Lipinski definition) is 5. The maximum absolute atomic E-state index is 11.1. The van der Waals surface area contributed by atoms with Crippen LogP contribution in [0.2, 0.25) is 0 Å². The third kappa shape index (κ3) is 2.09. The van der Waals surface area contributed by atoms with Crippen molar-refractivity contribution in [2.24, 2.45) is 5.84 Å². The van der Waals surface area contributed by atoms with Crippen LogP contribution in [0, 0.1) is 0 Å². The molecule has 1 atom stereocenters. The van der Waals surface area contributed by atoms with Gasteiger partial charge in [-0.15, -0.1) is 0 Å². The highest BCUT2D eigenvalue weighted by atomic mass is 16.5. The van der Waals surface area contributed by atoms with Crippen LogP contribution in [0.4, 0.5) is 5.69 Å². The Bertz CT molecular complexity index is 395. The van der Waals surface area contributed by atoms with Crippen molar-refractivity contribution in [1.82, 2.24) is 0 Å². The average Bonchev–Trinajstić information content (AvgIpc) is 2.29. The van der Waals surface area contributed by atoms with Gasteiger partial charge in [0, 0.05) is 0 Å². The lowest BCUT2D eigenvalue weighted by atomic mass is 10.2. The molecule has 1 heterocycles. The number of hydrazine groups is 1. The highest BCUT2D eigenvalue weighted by molar-refractivity contribution is 5.70. The van der Waals surface area contributed by atoms with E-state index >= 15 is 0 Å². The van der Waals surface area contributed by atoms with Crippen LogP contribution in [0.3, 0.4) is 0 Å². The molecule has 0 aliphatic carbocycles. The normalized spacial score (nSPS) is 18.6. The van der Waals surface area contributed by atoms with Crippen LogP contribution >= 0.6 is 0 Å². The topological polar surface area (TPSA) is 64.8 Å². The summed E-state index contributed by atoms with van der Waals surface area (Å²) in [5, 5.41) is 1.59. The number of esters is 1. The van der Waals surface area contributed by atoms with Crippen molar-refractivity contribution < 1.29 is 14.3 Å². The summed E-state index contributed by atoms with van der Waals surface area (Å²) in [5.74, 6) is 6.26. The Morgan fingerprint density at radius 3 is 3.12 bits per heavy atom. The number of anilines is 1. The Morgan fingerprint density at radius 1 is 1.62 bits per heavy atom. The zero-order valence-corrected chi connectivity index (χ0v) is 9.05. The van der Waals surface area contributed by atoms with Gasteiger partial charge in [-0.1, -0.05) is 12.1 Å². The van der Waals surface area contributed by atoms with E-state index in [1.165, 1.54) is 7.11 Å². The van der Waals surface area contributed by atoms with Gasteiger partial charge < -0.3 is 14.5 Å². The molecule has 1 unspecified atom stereocenters. The first kappa shape index (κ1) is 10.8. The quantitative estimate of drug-likeness (QED) is 0.589. The zero-order chi connectivity index (χ0) is 11.5. The molecule has 1 aliphatic rings. The van der Waals surface area contributed by atoms with Crippen LogP contribution in [0.1, 0.15) is 6.42 Å². The smallest absolute Gasteiger partial charge is 0.309 e. The van der Waals surface area contributed by atoms with Crippen molar-refractivity contribution >= 4 is 11.7 Å². The number of methoxy groups -OCH3 is 1. The summed E-state index contributed by atoms with van der Waals surface area (Å²) < 4.78 is 10.3. The van der Waals surface area contributed by atoms with Gasteiger partial charge >= 0.3 is 5.97 Å². The zero-order valence-electron chi connectivity index (χ0n) is 9.05. The van der Waals surface area contributed by atoms with E-state index in [4.69, 9.17) is 10.6 Å². The Balaban J connectivity index is 2.12. The first-order valence-corrected chi connectivity index (χ1v) is 5.05. The maximum atomic E-state index is 11.1. The summed E-state index contributed by atoms with van der Waals surface area (Å²) in [4.78, 5) is 11.1. The lowest BCUT2D eigenvalue weighted by Crippen LogP contribution is -2.45. The van der Waals surface area contributed by atoms with Crippen molar-refractivity contribution in [3.8, 4) is 5.75 Å². The lowest BCUT2D eigenvalue weighted by Gasteiger charge is -2.32. The Morgan fingerprint density at radius 2 is 2.38 bits per heavy atom. The largest absolute Gasteiger partial charge is 0.486 e. The van der Waals surface area contributed by atoms with Crippen LogP contribution in [0.15, 0.2) is 24.3 Å². The molecule has 5 heteroatoms. The summed E-state index contributed by atoms with van der Waals surface area (Å²) in [7, 11) is 1.36. The summed E-state index contributed by atoms with van der Waals surface area (Å²) in [6.07, 6.45) is -0.0502. The summed E-state index contributed by atoms with van der Waals surface area (Å²) in [6, 6.07) is 7.47. The van der Waals surface area contributed by atoms with E-state index in [9.17, 15) is 4.79 Å². The SMILES string of the molecule is COC(=O)CC1CN(N)c2ccccc2O1. The minimum Gasteiger partial charge on any atom is -0.486 e. The average molecular weight is 222 g/mol. The first-order valence-electron chi connectivity index (χ1n) is 5.05. The Hall–Kier alpha value is -1.75. The van der Waals surface area contributed by atoms with E-state index in [2.05, 4.69) is 4.74 Å². The summed E-state index contributed by atoms with van der Waals surface area (Å²) in [6.45, 7) is 0.478. The number of rotatable bonds is 2. The standard InChI is InChI=1S/C11H14N2O3/c1-15-11(14)6-8-7-13(12)9-4-2-3-5-10(9)16-8/h2-5,8H,6-7,12H2,1H3. The van der Waals surface area contributed by atoms with Crippen molar-refractivity contribution in [1.29, 1.82) is 0 Å². The predicted octanol–water partition coefficient (Wildman–Crippen LogP) is 0.691. The van der Waals surface area contributed by atoms with Gasteiger partial charge in [0.15, 0.2) is 0 Å². The monoisotopic (exact) mass is 222 g/mol. The second-order valence-corrected chi connectivity index (χ2v) is 3.64. The highest BCUT2D eigenvalue weighted by Crippen LogP contribution is 2.31. The van der Waals surface area contributed by atoms with E-state index in [1.54, 1.807) is 5.01 Å². The van der Waals surface area contributed by atoms with Crippen molar-refractivity contribution in [2.45, 2.75) is 12.5 Å². The van der Waals surface area contributed by atoms with Gasteiger partial charge in [0.2, 0.25) is 0 Å². The van der Waals surface area contributed by atoms with E-state index in [0.717, 1.165) is 5.69 Å². The molecule has 2 rings (SSSR count). The fourth-order valence-corrected chi connectivity index (χ4v) is 1.70. The van der Waals surface area contributed by atoms with Crippen LogP contribution in [0.25, 0.3) is 0 Å². The molecular weight excluding hydrogens is 208 g/mol. The molecule has 1 aromatic carbocycles. The van der Waals surface area contributed by atoms with E-state index in [-0.39, 0.29) is 18.5 Å². The molecule has 5 nitrogen and oxygen atoms in total.